The van der Waals surface area contributed by atoms with Crippen molar-refractivity contribution >= 4 is 5.91 Å². The quantitative estimate of drug-likeness (QED) is 0.663. The van der Waals surface area contributed by atoms with Gasteiger partial charge in [-0.2, -0.15) is 0 Å². The van der Waals surface area contributed by atoms with Gasteiger partial charge in [0, 0.05) is 26.2 Å². The van der Waals surface area contributed by atoms with Gasteiger partial charge in [-0.15, -0.1) is 0 Å². The molecule has 0 bridgehead atoms. The van der Waals surface area contributed by atoms with Crippen LogP contribution >= 0.6 is 0 Å². The Balaban J connectivity index is 2.29. The molecule has 4 nitrogen and oxygen atoms in total. The molecule has 13 heavy (non-hydrogen) atoms. The Labute approximate surface area is 79.2 Å². The van der Waals surface area contributed by atoms with Crippen LogP contribution in [0.3, 0.4) is 0 Å². The minimum atomic E-state index is 0.145. The van der Waals surface area contributed by atoms with Crippen LogP contribution in [0.25, 0.3) is 0 Å². The number of piperazine rings is 1. The van der Waals surface area contributed by atoms with Crippen molar-refractivity contribution in [3.8, 4) is 0 Å². The van der Waals surface area contributed by atoms with Crippen molar-refractivity contribution in [2.45, 2.75) is 20.0 Å². The summed E-state index contributed by atoms with van der Waals surface area (Å²) in [5, 5.41) is 3.04. The Morgan fingerprint density at radius 2 is 2.46 bits per heavy atom. The normalized spacial score (nSPS) is 20.5. The van der Waals surface area contributed by atoms with Crippen LogP contribution in [0.4, 0.5) is 0 Å². The van der Waals surface area contributed by atoms with Gasteiger partial charge in [-0.25, -0.2) is 0 Å². The minimum absolute atomic E-state index is 0.145. The van der Waals surface area contributed by atoms with Gasteiger partial charge in [0.05, 0.1) is 12.6 Å². The third-order valence-corrected chi connectivity index (χ3v) is 2.12. The van der Waals surface area contributed by atoms with Crippen molar-refractivity contribution in [3.05, 3.63) is 0 Å². The summed E-state index contributed by atoms with van der Waals surface area (Å²) in [5.74, 6) is 0.179. The lowest BCUT2D eigenvalue weighted by Crippen LogP contribution is -2.50. The Bertz CT molecular complexity index is 173. The lowest BCUT2D eigenvalue weighted by molar-refractivity contribution is -0.133. The summed E-state index contributed by atoms with van der Waals surface area (Å²) >= 11 is 0. The number of amides is 1. The summed E-state index contributed by atoms with van der Waals surface area (Å²) in [6, 6.07) is 0. The number of ether oxygens (including phenoxy) is 1. The molecule has 1 saturated heterocycles. The van der Waals surface area contributed by atoms with Crippen LogP contribution in [0, 0.1) is 0 Å². The Kier molecular flexibility index (Phi) is 4.18. The number of nitrogens with one attached hydrogen (secondary N) is 1. The number of hydrogen-bond donors (Lipinski definition) is 1. The van der Waals surface area contributed by atoms with Gasteiger partial charge < -0.3 is 15.0 Å². The van der Waals surface area contributed by atoms with Gasteiger partial charge in [-0.1, -0.05) is 0 Å². The van der Waals surface area contributed by atoms with Crippen LogP contribution in [0.5, 0.6) is 0 Å². The van der Waals surface area contributed by atoms with Gasteiger partial charge in [-0.05, 0) is 13.8 Å². The number of nitrogens with zero attached hydrogens (tertiary/aromatic N) is 1. The molecule has 0 aromatic carbocycles. The van der Waals surface area contributed by atoms with Crippen molar-refractivity contribution in [3.63, 3.8) is 0 Å². The first-order valence-electron chi connectivity index (χ1n) is 4.84. The van der Waals surface area contributed by atoms with E-state index in [0.717, 1.165) is 13.1 Å². The van der Waals surface area contributed by atoms with Crippen molar-refractivity contribution in [1.29, 1.82) is 0 Å². The van der Waals surface area contributed by atoms with E-state index < -0.39 is 0 Å². The van der Waals surface area contributed by atoms with Gasteiger partial charge in [0.2, 0.25) is 5.91 Å². The average Bonchev–Trinajstić information content (AvgIpc) is 2.09. The molecule has 76 valence electrons. The zero-order valence-electron chi connectivity index (χ0n) is 8.38. The molecule has 1 rings (SSSR count). The standard InChI is InChI=1S/C9H18N2O2/c1-3-13-8(2)7-11-5-4-10-6-9(11)12/h8,10H,3-7H2,1-2H3. The molecule has 4 heteroatoms. The lowest BCUT2D eigenvalue weighted by atomic mass is 10.3. The predicted octanol–water partition coefficient (Wildman–Crippen LogP) is -0.157. The van der Waals surface area contributed by atoms with Crippen LogP contribution in [-0.4, -0.2) is 49.7 Å². The fourth-order valence-electron chi connectivity index (χ4n) is 1.49. The summed E-state index contributed by atoms with van der Waals surface area (Å²) in [6.07, 6.45) is 0.145. The van der Waals surface area contributed by atoms with Crippen LogP contribution in [-0.2, 0) is 9.53 Å². The topological polar surface area (TPSA) is 41.6 Å². The van der Waals surface area contributed by atoms with Gasteiger partial charge in [0.1, 0.15) is 0 Å². The molecule has 0 saturated carbocycles. The summed E-state index contributed by atoms with van der Waals surface area (Å²) in [7, 11) is 0. The highest BCUT2D eigenvalue weighted by Gasteiger charge is 2.19. The zero-order valence-corrected chi connectivity index (χ0v) is 8.38. The van der Waals surface area contributed by atoms with E-state index in [2.05, 4.69) is 5.32 Å². The first kappa shape index (κ1) is 10.5. The largest absolute Gasteiger partial charge is 0.377 e. The lowest BCUT2D eigenvalue weighted by Gasteiger charge is -2.29. The molecular weight excluding hydrogens is 168 g/mol. The van der Waals surface area contributed by atoms with E-state index in [4.69, 9.17) is 4.74 Å². The molecule has 1 aliphatic heterocycles. The van der Waals surface area contributed by atoms with Crippen LogP contribution < -0.4 is 5.32 Å². The predicted molar refractivity (Wildman–Crippen MR) is 50.5 cm³/mol. The van der Waals surface area contributed by atoms with E-state index >= 15 is 0 Å². The second-order valence-corrected chi connectivity index (χ2v) is 3.28. The second-order valence-electron chi connectivity index (χ2n) is 3.28. The third-order valence-electron chi connectivity index (χ3n) is 2.12. The summed E-state index contributed by atoms with van der Waals surface area (Å²) < 4.78 is 5.38. The number of hydrogen-bond acceptors (Lipinski definition) is 3. The van der Waals surface area contributed by atoms with Crippen LogP contribution in [0.1, 0.15) is 13.8 Å². The van der Waals surface area contributed by atoms with Gasteiger partial charge in [0.15, 0.2) is 0 Å². The zero-order chi connectivity index (χ0) is 9.68. The second kappa shape index (κ2) is 5.19. The van der Waals surface area contributed by atoms with Crippen molar-refractivity contribution in [2.75, 3.05) is 32.8 Å². The molecule has 0 aliphatic carbocycles. The van der Waals surface area contributed by atoms with Crippen LogP contribution in [0.2, 0.25) is 0 Å². The van der Waals surface area contributed by atoms with Crippen LogP contribution in [0.15, 0.2) is 0 Å². The summed E-state index contributed by atoms with van der Waals surface area (Å²) in [4.78, 5) is 13.2. The smallest absolute Gasteiger partial charge is 0.236 e. The molecule has 1 aliphatic rings. The number of carbonyl (C=O) groups excluding carboxylic acids is 1. The summed E-state index contributed by atoms with van der Waals surface area (Å²) in [5.41, 5.74) is 0. The maximum absolute atomic E-state index is 11.3. The van der Waals surface area contributed by atoms with E-state index in [1.807, 2.05) is 18.7 Å². The first-order valence-corrected chi connectivity index (χ1v) is 4.84. The molecule has 0 aromatic heterocycles. The molecule has 0 aromatic rings. The Hall–Kier alpha value is -0.610. The van der Waals surface area contributed by atoms with E-state index in [-0.39, 0.29) is 12.0 Å². The highest BCUT2D eigenvalue weighted by molar-refractivity contribution is 5.79. The minimum Gasteiger partial charge on any atom is -0.377 e. The Morgan fingerprint density at radius 1 is 1.69 bits per heavy atom. The SMILES string of the molecule is CCOC(C)CN1CCNCC1=O. The molecule has 1 amide bonds. The molecule has 1 unspecified atom stereocenters. The van der Waals surface area contributed by atoms with E-state index in [1.54, 1.807) is 0 Å². The van der Waals surface area contributed by atoms with E-state index in [9.17, 15) is 4.79 Å². The van der Waals surface area contributed by atoms with Gasteiger partial charge in [-0.3, -0.25) is 4.79 Å². The monoisotopic (exact) mass is 186 g/mol. The maximum Gasteiger partial charge on any atom is 0.236 e. The average molecular weight is 186 g/mol. The third kappa shape index (κ3) is 3.32. The van der Waals surface area contributed by atoms with Gasteiger partial charge >= 0.3 is 0 Å². The molecule has 1 N–H and O–H groups in total. The highest BCUT2D eigenvalue weighted by Crippen LogP contribution is 1.99. The number of carbonyl (C=O) groups is 1. The summed E-state index contributed by atoms with van der Waals surface area (Å²) in [6.45, 7) is 7.56. The molecular formula is C9H18N2O2. The fraction of sp³-hybridized carbons (Fsp3) is 0.889. The molecule has 1 atom stereocenters. The highest BCUT2D eigenvalue weighted by atomic mass is 16.5. The van der Waals surface area contributed by atoms with Gasteiger partial charge in [0.25, 0.3) is 0 Å². The molecule has 1 fully saturated rings. The maximum atomic E-state index is 11.3. The fourth-order valence-corrected chi connectivity index (χ4v) is 1.49. The van der Waals surface area contributed by atoms with E-state index in [0.29, 0.717) is 19.7 Å². The Morgan fingerprint density at radius 3 is 3.08 bits per heavy atom. The van der Waals surface area contributed by atoms with Crippen molar-refractivity contribution in [1.82, 2.24) is 10.2 Å². The first-order chi connectivity index (χ1) is 6.24. The number of rotatable bonds is 4. The molecule has 0 radical (unpaired) electrons. The van der Waals surface area contributed by atoms with Crippen molar-refractivity contribution in [2.24, 2.45) is 0 Å². The van der Waals surface area contributed by atoms with Crippen molar-refractivity contribution < 1.29 is 9.53 Å². The molecule has 1 heterocycles. The van der Waals surface area contributed by atoms with E-state index in [1.165, 1.54) is 0 Å². The molecule has 0 spiro atoms.